The first-order valence-corrected chi connectivity index (χ1v) is 9.94. The third-order valence-electron chi connectivity index (χ3n) is 5.35. The minimum Gasteiger partial charge on any atom is -0.497 e. The maximum atomic E-state index is 12.6. The molecular formula is C24H27NO5. The largest absolute Gasteiger partial charge is 0.497 e. The molecule has 158 valence electrons. The van der Waals surface area contributed by atoms with Gasteiger partial charge in [0.05, 0.1) is 21.3 Å². The van der Waals surface area contributed by atoms with Gasteiger partial charge in [-0.1, -0.05) is 30.4 Å². The molecular weight excluding hydrogens is 382 g/mol. The summed E-state index contributed by atoms with van der Waals surface area (Å²) in [5.41, 5.74) is 1.77. The molecule has 6 nitrogen and oxygen atoms in total. The van der Waals surface area contributed by atoms with E-state index in [4.69, 9.17) is 14.2 Å². The summed E-state index contributed by atoms with van der Waals surface area (Å²) in [5, 5.41) is 0. The molecule has 0 saturated carbocycles. The average molecular weight is 409 g/mol. The van der Waals surface area contributed by atoms with Crippen LogP contribution in [0.15, 0.2) is 48.5 Å². The summed E-state index contributed by atoms with van der Waals surface area (Å²) in [6.07, 6.45) is 5.73. The van der Waals surface area contributed by atoms with Crippen LogP contribution in [0, 0.1) is 5.92 Å². The van der Waals surface area contributed by atoms with E-state index in [1.807, 2.05) is 41.3 Å². The topological polar surface area (TPSA) is 65.1 Å². The van der Waals surface area contributed by atoms with Gasteiger partial charge in [0.15, 0.2) is 0 Å². The van der Waals surface area contributed by atoms with Crippen LogP contribution in [0.5, 0.6) is 11.5 Å². The minimum absolute atomic E-state index is 0.0727. The lowest BCUT2D eigenvalue weighted by atomic mass is 9.94. The molecule has 1 amide bonds. The van der Waals surface area contributed by atoms with Gasteiger partial charge in [0.1, 0.15) is 17.1 Å². The molecule has 0 aromatic heterocycles. The fourth-order valence-corrected chi connectivity index (χ4v) is 3.64. The zero-order chi connectivity index (χ0) is 21.5. The fourth-order valence-electron chi connectivity index (χ4n) is 3.64. The van der Waals surface area contributed by atoms with E-state index in [0.717, 1.165) is 18.4 Å². The van der Waals surface area contributed by atoms with Crippen LogP contribution in [0.4, 0.5) is 0 Å². The van der Waals surface area contributed by atoms with Gasteiger partial charge in [-0.15, -0.1) is 0 Å². The van der Waals surface area contributed by atoms with Crippen LogP contribution in [0.3, 0.4) is 0 Å². The number of hydrogen-bond acceptors (Lipinski definition) is 5. The molecule has 1 aliphatic rings. The van der Waals surface area contributed by atoms with Crippen molar-refractivity contribution in [3.8, 4) is 11.5 Å². The van der Waals surface area contributed by atoms with Crippen molar-refractivity contribution < 1.29 is 23.8 Å². The Labute approximate surface area is 177 Å². The molecule has 2 aromatic carbocycles. The first kappa shape index (κ1) is 21.4. The Morgan fingerprint density at radius 2 is 1.70 bits per heavy atom. The Morgan fingerprint density at radius 1 is 1.00 bits per heavy atom. The number of esters is 1. The third kappa shape index (κ3) is 4.82. The van der Waals surface area contributed by atoms with Crippen LogP contribution >= 0.6 is 0 Å². The summed E-state index contributed by atoms with van der Waals surface area (Å²) >= 11 is 0. The smallest absolute Gasteiger partial charge is 0.342 e. The summed E-state index contributed by atoms with van der Waals surface area (Å²) in [6.45, 7) is 1.40. The number of benzene rings is 2. The molecule has 0 atom stereocenters. The molecule has 0 aliphatic carbocycles. The van der Waals surface area contributed by atoms with Crippen molar-refractivity contribution in [2.45, 2.75) is 12.8 Å². The van der Waals surface area contributed by atoms with Crippen molar-refractivity contribution >= 4 is 18.0 Å². The molecule has 1 saturated heterocycles. The van der Waals surface area contributed by atoms with Gasteiger partial charge >= 0.3 is 5.97 Å². The molecule has 1 aliphatic heterocycles. The van der Waals surface area contributed by atoms with Crippen LogP contribution in [-0.2, 0) is 4.74 Å². The molecule has 0 bridgehead atoms. The summed E-state index contributed by atoms with van der Waals surface area (Å²) in [7, 11) is 4.42. The van der Waals surface area contributed by atoms with E-state index < -0.39 is 5.97 Å². The van der Waals surface area contributed by atoms with Crippen LogP contribution < -0.4 is 9.47 Å². The highest BCUT2D eigenvalue weighted by atomic mass is 16.5. The van der Waals surface area contributed by atoms with Gasteiger partial charge < -0.3 is 19.1 Å². The number of ether oxygens (including phenoxy) is 3. The average Bonchev–Trinajstić information content (AvgIpc) is 2.81. The molecule has 0 radical (unpaired) electrons. The maximum absolute atomic E-state index is 12.6. The van der Waals surface area contributed by atoms with E-state index in [-0.39, 0.29) is 5.91 Å². The van der Waals surface area contributed by atoms with E-state index in [1.54, 1.807) is 19.2 Å². The number of amides is 1. The van der Waals surface area contributed by atoms with E-state index in [2.05, 4.69) is 6.08 Å². The molecule has 0 spiro atoms. The van der Waals surface area contributed by atoms with Crippen LogP contribution in [0.25, 0.3) is 6.08 Å². The van der Waals surface area contributed by atoms with E-state index in [1.165, 1.54) is 14.2 Å². The molecule has 0 unspecified atom stereocenters. The van der Waals surface area contributed by atoms with Crippen molar-refractivity contribution in [2.24, 2.45) is 5.92 Å². The second kappa shape index (κ2) is 9.96. The Balaban J connectivity index is 1.72. The molecule has 2 aromatic rings. The first-order valence-electron chi connectivity index (χ1n) is 9.94. The van der Waals surface area contributed by atoms with Crippen molar-refractivity contribution in [3.63, 3.8) is 0 Å². The van der Waals surface area contributed by atoms with Crippen LogP contribution in [-0.4, -0.2) is 51.2 Å². The first-order chi connectivity index (χ1) is 14.6. The summed E-state index contributed by atoms with van der Waals surface area (Å²) < 4.78 is 15.6. The Morgan fingerprint density at radius 3 is 2.30 bits per heavy atom. The molecule has 1 fully saturated rings. The maximum Gasteiger partial charge on any atom is 0.342 e. The van der Waals surface area contributed by atoms with Crippen LogP contribution in [0.2, 0.25) is 0 Å². The van der Waals surface area contributed by atoms with Crippen molar-refractivity contribution in [1.82, 2.24) is 4.90 Å². The van der Waals surface area contributed by atoms with Gasteiger partial charge in [-0.25, -0.2) is 4.79 Å². The predicted molar refractivity (Wildman–Crippen MR) is 115 cm³/mol. The number of nitrogens with zero attached hydrogens (tertiary/aromatic N) is 1. The number of rotatable bonds is 6. The van der Waals surface area contributed by atoms with Gasteiger partial charge in [0.2, 0.25) is 0 Å². The number of piperidine rings is 1. The highest BCUT2D eigenvalue weighted by molar-refractivity contribution is 5.97. The zero-order valence-corrected chi connectivity index (χ0v) is 17.6. The molecule has 0 N–H and O–H groups in total. The van der Waals surface area contributed by atoms with Crippen LogP contribution in [0.1, 0.15) is 39.1 Å². The summed E-state index contributed by atoms with van der Waals surface area (Å²) in [5.74, 6) is 0.931. The summed E-state index contributed by atoms with van der Waals surface area (Å²) in [6, 6.07) is 12.8. The second-order valence-electron chi connectivity index (χ2n) is 7.14. The number of carbonyl (C=O) groups excluding carboxylic acids is 2. The highest BCUT2D eigenvalue weighted by Gasteiger charge is 2.23. The predicted octanol–water partition coefficient (Wildman–Crippen LogP) is 4.06. The molecule has 1 heterocycles. The Kier molecular flexibility index (Phi) is 7.12. The number of allylic oxidation sites excluding steroid dienone is 1. The fraction of sp³-hybridized carbons (Fsp3) is 0.333. The lowest BCUT2D eigenvalue weighted by Crippen LogP contribution is -2.38. The quantitative estimate of drug-likeness (QED) is 0.674. The van der Waals surface area contributed by atoms with Gasteiger partial charge in [-0.2, -0.15) is 0 Å². The third-order valence-corrected chi connectivity index (χ3v) is 5.35. The van der Waals surface area contributed by atoms with Gasteiger partial charge in [-0.05, 0) is 42.5 Å². The SMILES string of the molecule is COC(=O)c1c(/C=C/C2CCN(C(=O)c3ccccc3)CC2)cc(OC)cc1OC. The number of hydrogen-bond donors (Lipinski definition) is 0. The molecule has 30 heavy (non-hydrogen) atoms. The number of carbonyl (C=O) groups is 2. The zero-order valence-electron chi connectivity index (χ0n) is 17.6. The molecule has 6 heteroatoms. The Hall–Kier alpha value is -3.28. The van der Waals surface area contributed by atoms with E-state index in [9.17, 15) is 9.59 Å². The minimum atomic E-state index is -0.461. The number of likely N-dealkylation sites (tertiary alicyclic amines) is 1. The molecule has 3 rings (SSSR count). The second-order valence-corrected chi connectivity index (χ2v) is 7.14. The lowest BCUT2D eigenvalue weighted by molar-refractivity contribution is 0.0596. The highest BCUT2D eigenvalue weighted by Crippen LogP contribution is 2.31. The summed E-state index contributed by atoms with van der Waals surface area (Å²) in [4.78, 5) is 26.8. The standard InChI is InChI=1S/C24H27NO5/c1-28-20-15-19(22(24(27)30-3)21(16-20)29-2)10-9-17-11-13-25(14-12-17)23(26)18-7-5-4-6-8-18/h4-10,15-17H,11-14H2,1-3H3/b10-9+. The van der Waals surface area contributed by atoms with Crippen molar-refractivity contribution in [3.05, 3.63) is 65.2 Å². The van der Waals surface area contributed by atoms with E-state index in [0.29, 0.717) is 41.6 Å². The van der Waals surface area contributed by atoms with E-state index >= 15 is 0 Å². The normalized spacial score (nSPS) is 14.6. The van der Waals surface area contributed by atoms with Gasteiger partial charge in [-0.3, -0.25) is 4.79 Å². The van der Waals surface area contributed by atoms with Gasteiger partial charge in [0, 0.05) is 24.7 Å². The monoisotopic (exact) mass is 409 g/mol. The Bertz CT molecular complexity index is 915. The number of methoxy groups -OCH3 is 3. The van der Waals surface area contributed by atoms with Crippen molar-refractivity contribution in [2.75, 3.05) is 34.4 Å². The van der Waals surface area contributed by atoms with Crippen molar-refractivity contribution in [1.29, 1.82) is 0 Å². The van der Waals surface area contributed by atoms with Gasteiger partial charge in [0.25, 0.3) is 5.91 Å². The lowest BCUT2D eigenvalue weighted by Gasteiger charge is -2.30.